The molecule has 1 aliphatic rings. The fourth-order valence-corrected chi connectivity index (χ4v) is 2.95. The zero-order valence-electron chi connectivity index (χ0n) is 14.5. The van der Waals surface area contributed by atoms with E-state index in [4.69, 9.17) is 0 Å². The highest BCUT2D eigenvalue weighted by molar-refractivity contribution is 5.92. The van der Waals surface area contributed by atoms with Gasteiger partial charge in [0.1, 0.15) is 0 Å². The second-order valence-electron chi connectivity index (χ2n) is 6.16. The second-order valence-corrected chi connectivity index (χ2v) is 6.16. The number of urea groups is 1. The monoisotopic (exact) mass is 338 g/mol. The Morgan fingerprint density at radius 3 is 2.44 bits per heavy atom. The molecule has 1 aliphatic heterocycles. The van der Waals surface area contributed by atoms with Gasteiger partial charge in [0.2, 0.25) is 5.91 Å². The number of para-hydroxylation sites is 1. The third-order valence-electron chi connectivity index (χ3n) is 4.19. The molecular formula is C19H22N4O2. The van der Waals surface area contributed by atoms with Crippen LogP contribution in [0.1, 0.15) is 12.5 Å². The van der Waals surface area contributed by atoms with Crippen LogP contribution in [0.3, 0.4) is 0 Å². The fraction of sp³-hybridized carbons (Fsp3) is 0.263. The maximum atomic E-state index is 12.7. The maximum absolute atomic E-state index is 12.7. The zero-order chi connectivity index (χ0) is 17.8. The van der Waals surface area contributed by atoms with Gasteiger partial charge < -0.3 is 20.4 Å². The van der Waals surface area contributed by atoms with Crippen molar-refractivity contribution in [2.45, 2.75) is 13.5 Å². The normalized spacial score (nSPS) is 13.7. The summed E-state index contributed by atoms with van der Waals surface area (Å²) < 4.78 is 0. The Morgan fingerprint density at radius 2 is 1.68 bits per heavy atom. The molecular weight excluding hydrogens is 316 g/mol. The van der Waals surface area contributed by atoms with Crippen LogP contribution in [-0.4, -0.2) is 37.0 Å². The minimum atomic E-state index is -0.148. The summed E-state index contributed by atoms with van der Waals surface area (Å²) in [6, 6.07) is 15.1. The molecule has 6 heteroatoms. The van der Waals surface area contributed by atoms with Crippen LogP contribution in [0.4, 0.5) is 21.9 Å². The molecule has 25 heavy (non-hydrogen) atoms. The first-order valence-electron chi connectivity index (χ1n) is 8.25. The maximum Gasteiger partial charge on any atom is 0.322 e. The first-order chi connectivity index (χ1) is 12.0. The lowest BCUT2D eigenvalue weighted by atomic mass is 10.1. The van der Waals surface area contributed by atoms with Gasteiger partial charge in [-0.2, -0.15) is 0 Å². The molecule has 3 rings (SSSR count). The average molecular weight is 338 g/mol. The Kier molecular flexibility index (Phi) is 4.88. The van der Waals surface area contributed by atoms with Crippen molar-refractivity contribution in [3.63, 3.8) is 0 Å². The summed E-state index contributed by atoms with van der Waals surface area (Å²) in [5, 5.41) is 5.63. The lowest BCUT2D eigenvalue weighted by molar-refractivity contribution is -0.114. The van der Waals surface area contributed by atoms with Gasteiger partial charge in [0.15, 0.2) is 0 Å². The Labute approximate surface area is 147 Å². The summed E-state index contributed by atoms with van der Waals surface area (Å²) in [6.07, 6.45) is 0. The predicted molar refractivity (Wildman–Crippen MR) is 99.9 cm³/mol. The number of nitrogens with one attached hydrogen (secondary N) is 2. The molecule has 3 amide bonds. The summed E-state index contributed by atoms with van der Waals surface area (Å²) in [4.78, 5) is 27.8. The van der Waals surface area contributed by atoms with Crippen LogP contribution in [0.25, 0.3) is 0 Å². The van der Waals surface area contributed by atoms with Crippen molar-refractivity contribution in [1.82, 2.24) is 4.90 Å². The van der Waals surface area contributed by atoms with E-state index in [1.54, 1.807) is 29.2 Å². The van der Waals surface area contributed by atoms with Crippen LogP contribution in [0.5, 0.6) is 0 Å². The van der Waals surface area contributed by atoms with Gasteiger partial charge in [0, 0.05) is 50.7 Å². The van der Waals surface area contributed by atoms with E-state index >= 15 is 0 Å². The molecule has 0 saturated carbocycles. The molecule has 1 heterocycles. The Hall–Kier alpha value is -3.02. The number of amides is 3. The Bertz CT molecular complexity index is 790. The smallest absolute Gasteiger partial charge is 0.322 e. The number of rotatable bonds is 2. The number of nitrogens with zero attached hydrogens (tertiary/aromatic N) is 2. The number of carbonyl (C=O) groups is 2. The number of benzene rings is 2. The standard InChI is InChI=1S/C19H22N4O2/c1-14(24)20-16-7-5-8-17(12-16)21-19(25)23-11-10-22(2)18-9-4-3-6-15(18)13-23/h3-9,12H,10-11,13H2,1-2H3,(H,20,24)(H,21,25). The molecule has 6 nitrogen and oxygen atoms in total. The van der Waals surface area contributed by atoms with Crippen molar-refractivity contribution < 1.29 is 9.59 Å². The number of likely N-dealkylation sites (N-methyl/N-ethyl adjacent to an activating group) is 1. The summed E-state index contributed by atoms with van der Waals surface area (Å²) in [5.74, 6) is -0.143. The average Bonchev–Trinajstić information content (AvgIpc) is 2.74. The highest BCUT2D eigenvalue weighted by Crippen LogP contribution is 2.24. The van der Waals surface area contributed by atoms with Crippen LogP contribution in [0, 0.1) is 0 Å². The van der Waals surface area contributed by atoms with Crippen LogP contribution < -0.4 is 15.5 Å². The summed E-state index contributed by atoms with van der Waals surface area (Å²) in [6.45, 7) is 3.44. The van der Waals surface area contributed by atoms with Crippen LogP contribution in [0.15, 0.2) is 48.5 Å². The Morgan fingerprint density at radius 1 is 0.960 bits per heavy atom. The lowest BCUT2D eigenvalue weighted by Gasteiger charge is -2.21. The molecule has 2 N–H and O–H groups in total. The van der Waals surface area contributed by atoms with Crippen LogP contribution >= 0.6 is 0 Å². The zero-order valence-corrected chi connectivity index (χ0v) is 14.5. The van der Waals surface area contributed by atoms with Crippen molar-refractivity contribution in [2.24, 2.45) is 0 Å². The highest BCUT2D eigenvalue weighted by atomic mass is 16.2. The van der Waals surface area contributed by atoms with Crippen LogP contribution in [-0.2, 0) is 11.3 Å². The lowest BCUT2D eigenvalue weighted by Crippen LogP contribution is -2.37. The molecule has 0 aromatic heterocycles. The highest BCUT2D eigenvalue weighted by Gasteiger charge is 2.21. The van der Waals surface area contributed by atoms with Gasteiger partial charge in [0.25, 0.3) is 0 Å². The molecule has 0 atom stereocenters. The van der Waals surface area contributed by atoms with Crippen molar-refractivity contribution >= 4 is 29.0 Å². The third-order valence-corrected chi connectivity index (χ3v) is 4.19. The van der Waals surface area contributed by atoms with E-state index in [9.17, 15) is 9.59 Å². The van der Waals surface area contributed by atoms with Gasteiger partial charge in [-0.1, -0.05) is 24.3 Å². The van der Waals surface area contributed by atoms with E-state index in [-0.39, 0.29) is 11.9 Å². The Balaban J connectivity index is 1.72. The van der Waals surface area contributed by atoms with E-state index in [1.807, 2.05) is 19.2 Å². The molecule has 2 aromatic rings. The van der Waals surface area contributed by atoms with E-state index in [0.29, 0.717) is 24.5 Å². The molecule has 0 fully saturated rings. The molecule has 0 spiro atoms. The third kappa shape index (κ3) is 4.09. The molecule has 2 aromatic carbocycles. The summed E-state index contributed by atoms with van der Waals surface area (Å²) in [5.41, 5.74) is 3.60. The van der Waals surface area contributed by atoms with Gasteiger partial charge >= 0.3 is 6.03 Å². The van der Waals surface area contributed by atoms with Crippen LogP contribution in [0.2, 0.25) is 0 Å². The number of fused-ring (bicyclic) bond motifs is 1. The van der Waals surface area contributed by atoms with Crippen molar-refractivity contribution in [3.05, 3.63) is 54.1 Å². The number of anilines is 3. The molecule has 0 bridgehead atoms. The quantitative estimate of drug-likeness (QED) is 0.884. The topological polar surface area (TPSA) is 64.7 Å². The van der Waals surface area contributed by atoms with Gasteiger partial charge in [0.05, 0.1) is 0 Å². The minimum absolute atomic E-state index is 0.143. The van der Waals surface area contributed by atoms with Gasteiger partial charge in [-0.05, 0) is 29.8 Å². The van der Waals surface area contributed by atoms with E-state index in [2.05, 4.69) is 27.7 Å². The van der Waals surface area contributed by atoms with Crippen molar-refractivity contribution in [3.8, 4) is 0 Å². The predicted octanol–water partition coefficient (Wildman–Crippen LogP) is 3.13. The van der Waals surface area contributed by atoms with E-state index in [1.165, 1.54) is 6.92 Å². The van der Waals surface area contributed by atoms with E-state index < -0.39 is 0 Å². The minimum Gasteiger partial charge on any atom is -0.373 e. The molecule has 0 aliphatic carbocycles. The van der Waals surface area contributed by atoms with Gasteiger partial charge in [-0.25, -0.2) is 4.79 Å². The SMILES string of the molecule is CC(=O)Nc1cccc(NC(=O)N2CCN(C)c3ccccc3C2)c1. The fourth-order valence-electron chi connectivity index (χ4n) is 2.95. The van der Waals surface area contributed by atoms with Gasteiger partial charge in [-0.3, -0.25) is 4.79 Å². The summed E-state index contributed by atoms with van der Waals surface area (Å²) >= 11 is 0. The van der Waals surface area contributed by atoms with E-state index in [0.717, 1.165) is 17.8 Å². The van der Waals surface area contributed by atoms with Crippen molar-refractivity contribution in [2.75, 3.05) is 35.7 Å². The van der Waals surface area contributed by atoms with Crippen molar-refractivity contribution in [1.29, 1.82) is 0 Å². The molecule has 0 unspecified atom stereocenters. The first-order valence-corrected chi connectivity index (χ1v) is 8.25. The number of hydrogen-bond donors (Lipinski definition) is 2. The largest absolute Gasteiger partial charge is 0.373 e. The molecule has 130 valence electrons. The summed E-state index contributed by atoms with van der Waals surface area (Å²) in [7, 11) is 2.04. The second kappa shape index (κ2) is 7.25. The molecule has 0 saturated heterocycles. The first kappa shape index (κ1) is 16.8. The number of hydrogen-bond acceptors (Lipinski definition) is 3. The number of carbonyl (C=O) groups excluding carboxylic acids is 2. The molecule has 0 radical (unpaired) electrons. The van der Waals surface area contributed by atoms with Gasteiger partial charge in [-0.15, -0.1) is 0 Å².